The average Bonchev–Trinajstić information content (AvgIpc) is 2.38. The smallest absolute Gasteiger partial charge is 0.255 e. The number of methoxy groups -OCH3 is 1. The minimum Gasteiger partial charge on any atom is -0.387 e. The van der Waals surface area contributed by atoms with Crippen molar-refractivity contribution in [1.29, 1.82) is 0 Å². The first-order chi connectivity index (χ1) is 8.60. The topological polar surface area (TPSA) is 41.6 Å². The first-order valence-electron chi connectivity index (χ1n) is 5.82. The van der Waals surface area contributed by atoms with Crippen molar-refractivity contribution in [3.8, 4) is 0 Å². The standard InChI is InChI=1S/C13H19ClN2O2/c1-15-12-6-5-10(14)9-11(12)13(17)16(2)7-4-8-18-3/h5-6,9,15H,4,7-8H2,1-3H3. The number of hydrogen-bond acceptors (Lipinski definition) is 3. The van der Waals surface area contributed by atoms with Gasteiger partial charge in [0.1, 0.15) is 0 Å². The van der Waals surface area contributed by atoms with Crippen molar-refractivity contribution >= 4 is 23.2 Å². The quantitative estimate of drug-likeness (QED) is 0.808. The molecule has 0 saturated carbocycles. The van der Waals surface area contributed by atoms with Gasteiger partial charge in [-0.25, -0.2) is 0 Å². The average molecular weight is 271 g/mol. The van der Waals surface area contributed by atoms with Gasteiger partial charge in [0.05, 0.1) is 5.56 Å². The van der Waals surface area contributed by atoms with Crippen LogP contribution in [0.4, 0.5) is 5.69 Å². The Labute approximate surface area is 113 Å². The summed E-state index contributed by atoms with van der Waals surface area (Å²) in [5.41, 5.74) is 1.37. The molecule has 0 spiro atoms. The first kappa shape index (κ1) is 14.8. The number of carbonyl (C=O) groups is 1. The van der Waals surface area contributed by atoms with Gasteiger partial charge in [0.15, 0.2) is 0 Å². The van der Waals surface area contributed by atoms with E-state index in [1.165, 1.54) is 0 Å². The highest BCUT2D eigenvalue weighted by atomic mass is 35.5. The van der Waals surface area contributed by atoms with Crippen molar-refractivity contribution < 1.29 is 9.53 Å². The maximum Gasteiger partial charge on any atom is 0.255 e. The number of ether oxygens (including phenoxy) is 1. The zero-order valence-electron chi connectivity index (χ0n) is 11.0. The highest BCUT2D eigenvalue weighted by molar-refractivity contribution is 6.31. The minimum absolute atomic E-state index is 0.0436. The number of halogens is 1. The van der Waals surface area contributed by atoms with Gasteiger partial charge in [-0.1, -0.05) is 11.6 Å². The van der Waals surface area contributed by atoms with Gasteiger partial charge >= 0.3 is 0 Å². The van der Waals surface area contributed by atoms with Crippen LogP contribution in [-0.2, 0) is 4.74 Å². The van der Waals surface area contributed by atoms with Crippen LogP contribution in [0.25, 0.3) is 0 Å². The van der Waals surface area contributed by atoms with Gasteiger partial charge in [0.2, 0.25) is 0 Å². The van der Waals surface area contributed by atoms with Crippen molar-refractivity contribution in [2.75, 3.05) is 39.7 Å². The highest BCUT2D eigenvalue weighted by Gasteiger charge is 2.15. The minimum atomic E-state index is -0.0436. The molecule has 1 rings (SSSR count). The zero-order chi connectivity index (χ0) is 13.5. The summed E-state index contributed by atoms with van der Waals surface area (Å²) in [4.78, 5) is 13.9. The molecule has 0 unspecified atom stereocenters. The number of hydrogen-bond donors (Lipinski definition) is 1. The van der Waals surface area contributed by atoms with Crippen LogP contribution in [0, 0.1) is 0 Å². The van der Waals surface area contributed by atoms with Crippen LogP contribution in [0.2, 0.25) is 5.02 Å². The van der Waals surface area contributed by atoms with E-state index in [9.17, 15) is 4.79 Å². The SMILES string of the molecule is CNc1ccc(Cl)cc1C(=O)N(C)CCCOC. The lowest BCUT2D eigenvalue weighted by Crippen LogP contribution is -2.29. The molecule has 100 valence electrons. The van der Waals surface area contributed by atoms with Crippen LogP contribution in [0.3, 0.4) is 0 Å². The van der Waals surface area contributed by atoms with Gasteiger partial charge < -0.3 is 15.0 Å². The number of amides is 1. The summed E-state index contributed by atoms with van der Waals surface area (Å²) in [5.74, 6) is -0.0436. The third-order valence-electron chi connectivity index (χ3n) is 2.67. The maximum absolute atomic E-state index is 12.3. The Morgan fingerprint density at radius 1 is 1.50 bits per heavy atom. The number of benzene rings is 1. The molecule has 0 aromatic heterocycles. The van der Waals surface area contributed by atoms with Crippen molar-refractivity contribution in [2.45, 2.75) is 6.42 Å². The van der Waals surface area contributed by atoms with Crippen molar-refractivity contribution in [1.82, 2.24) is 4.90 Å². The van der Waals surface area contributed by atoms with Crippen molar-refractivity contribution in [3.63, 3.8) is 0 Å². The normalized spacial score (nSPS) is 10.2. The maximum atomic E-state index is 12.3. The molecule has 4 nitrogen and oxygen atoms in total. The second kappa shape index (κ2) is 7.24. The number of rotatable bonds is 6. The molecule has 18 heavy (non-hydrogen) atoms. The Bertz CT molecular complexity index is 410. The number of nitrogens with one attached hydrogen (secondary N) is 1. The molecule has 0 bridgehead atoms. The Morgan fingerprint density at radius 3 is 2.83 bits per heavy atom. The fourth-order valence-electron chi connectivity index (χ4n) is 1.66. The lowest BCUT2D eigenvalue weighted by atomic mass is 10.1. The van der Waals surface area contributed by atoms with Crippen LogP contribution < -0.4 is 5.32 Å². The molecule has 0 atom stereocenters. The summed E-state index contributed by atoms with van der Waals surface area (Å²) in [6, 6.07) is 5.25. The predicted octanol–water partition coefficient (Wildman–Crippen LogP) is 2.49. The summed E-state index contributed by atoms with van der Waals surface area (Å²) >= 11 is 5.93. The van der Waals surface area contributed by atoms with E-state index in [0.717, 1.165) is 12.1 Å². The van der Waals surface area contributed by atoms with E-state index in [1.54, 1.807) is 44.3 Å². The van der Waals surface area contributed by atoms with Gasteiger partial charge in [-0.15, -0.1) is 0 Å². The summed E-state index contributed by atoms with van der Waals surface area (Å²) in [5, 5.41) is 3.55. The molecule has 5 heteroatoms. The second-order valence-corrected chi connectivity index (χ2v) is 4.45. The Morgan fingerprint density at radius 2 is 2.22 bits per heavy atom. The lowest BCUT2D eigenvalue weighted by Gasteiger charge is -2.19. The molecule has 1 N–H and O–H groups in total. The molecular weight excluding hydrogens is 252 g/mol. The fourth-order valence-corrected chi connectivity index (χ4v) is 1.84. The Hall–Kier alpha value is -1.26. The molecule has 0 aliphatic heterocycles. The van der Waals surface area contributed by atoms with Gasteiger partial charge in [-0.2, -0.15) is 0 Å². The largest absolute Gasteiger partial charge is 0.387 e. The molecule has 0 fully saturated rings. The van der Waals surface area contributed by atoms with Crippen LogP contribution in [-0.4, -0.2) is 45.2 Å². The molecule has 1 aromatic rings. The number of nitrogens with zero attached hydrogens (tertiary/aromatic N) is 1. The van der Waals surface area contributed by atoms with Gasteiger partial charge in [0.25, 0.3) is 5.91 Å². The van der Waals surface area contributed by atoms with Crippen LogP contribution in [0.1, 0.15) is 16.8 Å². The third kappa shape index (κ3) is 3.89. The second-order valence-electron chi connectivity index (χ2n) is 4.01. The zero-order valence-corrected chi connectivity index (χ0v) is 11.8. The van der Waals surface area contributed by atoms with Crippen LogP contribution in [0.5, 0.6) is 0 Å². The van der Waals surface area contributed by atoms with E-state index < -0.39 is 0 Å². The summed E-state index contributed by atoms with van der Waals surface area (Å²) in [7, 11) is 5.21. The van der Waals surface area contributed by atoms with E-state index in [4.69, 9.17) is 16.3 Å². The number of carbonyl (C=O) groups excluding carboxylic acids is 1. The molecule has 0 saturated heterocycles. The summed E-state index contributed by atoms with van der Waals surface area (Å²) in [6.45, 7) is 1.30. The van der Waals surface area contributed by atoms with Crippen molar-refractivity contribution in [3.05, 3.63) is 28.8 Å². The van der Waals surface area contributed by atoms with Crippen LogP contribution in [0.15, 0.2) is 18.2 Å². The molecule has 0 aliphatic rings. The van der Waals surface area contributed by atoms with E-state index in [1.807, 2.05) is 0 Å². The highest BCUT2D eigenvalue weighted by Crippen LogP contribution is 2.21. The molecule has 0 heterocycles. The third-order valence-corrected chi connectivity index (χ3v) is 2.91. The molecule has 1 amide bonds. The lowest BCUT2D eigenvalue weighted by molar-refractivity contribution is 0.0780. The monoisotopic (exact) mass is 270 g/mol. The van der Waals surface area contributed by atoms with Gasteiger partial charge in [0, 0.05) is 45.1 Å². The molecule has 1 aromatic carbocycles. The molecular formula is C13H19ClN2O2. The van der Waals surface area contributed by atoms with E-state index in [0.29, 0.717) is 23.7 Å². The molecule has 0 aliphatic carbocycles. The van der Waals surface area contributed by atoms with Gasteiger partial charge in [-0.05, 0) is 24.6 Å². The van der Waals surface area contributed by atoms with E-state index in [2.05, 4.69) is 5.32 Å². The van der Waals surface area contributed by atoms with Gasteiger partial charge in [-0.3, -0.25) is 4.79 Å². The predicted molar refractivity (Wildman–Crippen MR) is 74.5 cm³/mol. The Balaban J connectivity index is 2.79. The van der Waals surface area contributed by atoms with E-state index in [-0.39, 0.29) is 5.91 Å². The summed E-state index contributed by atoms with van der Waals surface area (Å²) in [6.07, 6.45) is 0.814. The first-order valence-corrected chi connectivity index (χ1v) is 6.19. The van der Waals surface area contributed by atoms with Crippen LogP contribution >= 0.6 is 11.6 Å². The van der Waals surface area contributed by atoms with Crippen molar-refractivity contribution in [2.24, 2.45) is 0 Å². The fraction of sp³-hybridized carbons (Fsp3) is 0.462. The summed E-state index contributed by atoms with van der Waals surface area (Å²) < 4.78 is 4.97. The Kier molecular flexibility index (Phi) is 5.95. The number of anilines is 1. The van der Waals surface area contributed by atoms with E-state index >= 15 is 0 Å². The molecule has 0 radical (unpaired) electrons.